The van der Waals surface area contributed by atoms with Crippen LogP contribution in [0.3, 0.4) is 0 Å². The summed E-state index contributed by atoms with van der Waals surface area (Å²) < 4.78 is 40.6. The fourth-order valence-electron chi connectivity index (χ4n) is 2.03. The van der Waals surface area contributed by atoms with Crippen LogP contribution in [0.2, 0.25) is 0 Å². The Morgan fingerprint density at radius 1 is 1.14 bits per heavy atom. The van der Waals surface area contributed by atoms with E-state index in [-0.39, 0.29) is 11.3 Å². The first kappa shape index (κ1) is 13.1. The molecule has 0 fully saturated rings. The summed E-state index contributed by atoms with van der Waals surface area (Å²) in [4.78, 5) is 7.60. The van der Waals surface area contributed by atoms with E-state index in [1.807, 2.05) is 6.07 Å². The predicted octanol–water partition coefficient (Wildman–Crippen LogP) is 3.29. The minimum Gasteiger partial charge on any atom is -0.306 e. The minimum absolute atomic E-state index is 0.146. The highest BCUT2D eigenvalue weighted by atomic mass is 19.4. The molecular formula is C14H7F3N4. The third kappa shape index (κ3) is 2.31. The molecule has 0 saturated carbocycles. The highest BCUT2D eigenvalue weighted by molar-refractivity contribution is 5.67. The smallest absolute Gasteiger partial charge is 0.306 e. The van der Waals surface area contributed by atoms with Gasteiger partial charge in [-0.15, -0.1) is 0 Å². The summed E-state index contributed by atoms with van der Waals surface area (Å²) in [6.45, 7) is 0. The molecule has 0 aliphatic carbocycles. The molecule has 0 atom stereocenters. The summed E-state index contributed by atoms with van der Waals surface area (Å²) >= 11 is 0. The Bertz CT molecular complexity index is 841. The van der Waals surface area contributed by atoms with Gasteiger partial charge in [-0.3, -0.25) is 0 Å². The number of hydrogen-bond acceptors (Lipinski definition) is 3. The van der Waals surface area contributed by atoms with E-state index in [0.29, 0.717) is 11.1 Å². The summed E-state index contributed by atoms with van der Waals surface area (Å²) in [5.41, 5.74) is 0.0978. The van der Waals surface area contributed by atoms with Crippen LogP contribution >= 0.6 is 0 Å². The molecule has 4 nitrogen and oxygen atoms in total. The Morgan fingerprint density at radius 3 is 2.57 bits per heavy atom. The molecule has 0 unspecified atom stereocenters. The van der Waals surface area contributed by atoms with Crippen LogP contribution in [0.15, 0.2) is 43.0 Å². The molecule has 3 rings (SSSR count). The topological polar surface area (TPSA) is 54.0 Å². The molecule has 0 spiro atoms. The molecule has 3 aromatic rings. The van der Waals surface area contributed by atoms with Crippen molar-refractivity contribution in [3.05, 3.63) is 54.2 Å². The maximum absolute atomic E-state index is 13.1. The van der Waals surface area contributed by atoms with Crippen molar-refractivity contribution in [3.8, 4) is 17.2 Å². The van der Waals surface area contributed by atoms with Crippen molar-refractivity contribution in [1.29, 1.82) is 5.26 Å². The van der Waals surface area contributed by atoms with Gasteiger partial charge in [0.15, 0.2) is 0 Å². The number of nitriles is 1. The number of fused-ring (bicyclic) bond motifs is 1. The number of pyridine rings is 2. The zero-order chi connectivity index (χ0) is 15.0. The highest BCUT2D eigenvalue weighted by Gasteiger charge is 2.34. The first-order valence-electron chi connectivity index (χ1n) is 5.89. The van der Waals surface area contributed by atoms with Crippen LogP contribution in [-0.2, 0) is 6.18 Å². The average molecular weight is 288 g/mol. The van der Waals surface area contributed by atoms with E-state index in [4.69, 9.17) is 5.26 Å². The summed E-state index contributed by atoms with van der Waals surface area (Å²) in [5.74, 6) is 0. The number of halogens is 3. The fourth-order valence-corrected chi connectivity index (χ4v) is 2.03. The third-order valence-electron chi connectivity index (χ3n) is 3.00. The molecule has 0 amide bonds. The normalized spacial score (nSPS) is 11.5. The first-order valence-corrected chi connectivity index (χ1v) is 5.89. The maximum atomic E-state index is 13.1. The molecule has 104 valence electrons. The van der Waals surface area contributed by atoms with Crippen LogP contribution in [0.1, 0.15) is 11.3 Å². The molecule has 0 bridgehead atoms. The summed E-state index contributed by atoms with van der Waals surface area (Å²) in [6.07, 6.45) is 1.18. The second kappa shape index (κ2) is 4.59. The van der Waals surface area contributed by atoms with Gasteiger partial charge in [-0.2, -0.15) is 18.4 Å². The summed E-state index contributed by atoms with van der Waals surface area (Å²) in [5, 5.41) is 8.69. The van der Waals surface area contributed by atoms with Gasteiger partial charge in [0.05, 0.1) is 5.56 Å². The second-order valence-corrected chi connectivity index (χ2v) is 4.34. The van der Waals surface area contributed by atoms with Crippen molar-refractivity contribution in [1.82, 2.24) is 14.4 Å². The minimum atomic E-state index is -4.50. The zero-order valence-corrected chi connectivity index (χ0v) is 10.5. The predicted molar refractivity (Wildman–Crippen MR) is 68.1 cm³/mol. The number of aromatic nitrogens is 3. The van der Waals surface area contributed by atoms with Crippen molar-refractivity contribution >= 4 is 5.65 Å². The van der Waals surface area contributed by atoms with Gasteiger partial charge >= 0.3 is 6.18 Å². The van der Waals surface area contributed by atoms with E-state index < -0.39 is 11.7 Å². The lowest BCUT2D eigenvalue weighted by atomic mass is 10.1. The molecule has 0 N–H and O–H groups in total. The van der Waals surface area contributed by atoms with Crippen molar-refractivity contribution in [2.45, 2.75) is 6.18 Å². The fraction of sp³-hybridized carbons (Fsp3) is 0.0714. The molecule has 0 saturated heterocycles. The Kier molecular flexibility index (Phi) is 2.87. The third-order valence-corrected chi connectivity index (χ3v) is 3.00. The number of hydrogen-bond donors (Lipinski definition) is 0. The van der Waals surface area contributed by atoms with Crippen molar-refractivity contribution < 1.29 is 13.2 Å². The van der Waals surface area contributed by atoms with Gasteiger partial charge in [0.2, 0.25) is 0 Å². The summed E-state index contributed by atoms with van der Waals surface area (Å²) in [7, 11) is 0. The Labute approximate surface area is 117 Å². The van der Waals surface area contributed by atoms with Gasteiger partial charge < -0.3 is 4.40 Å². The molecule has 3 heterocycles. The Balaban J connectivity index is 2.21. The standard InChI is InChI=1S/C14H7F3N4/c15-14(16,17)12-5-10(8-21-4-3-19-13(12)21)9-1-2-11(6-18)20-7-9/h1-5,7-8H. The number of nitrogens with zero attached hydrogens (tertiary/aromatic N) is 4. The Morgan fingerprint density at radius 2 is 1.95 bits per heavy atom. The van der Waals surface area contributed by atoms with E-state index in [1.165, 1.54) is 29.1 Å². The van der Waals surface area contributed by atoms with E-state index in [9.17, 15) is 13.2 Å². The van der Waals surface area contributed by atoms with Gasteiger partial charge in [-0.1, -0.05) is 0 Å². The summed E-state index contributed by atoms with van der Waals surface area (Å²) in [6, 6.07) is 5.91. The average Bonchev–Trinajstić information content (AvgIpc) is 2.93. The molecule has 7 heteroatoms. The number of alkyl halides is 3. The molecule has 21 heavy (non-hydrogen) atoms. The van der Waals surface area contributed by atoms with Crippen LogP contribution in [0, 0.1) is 11.3 Å². The second-order valence-electron chi connectivity index (χ2n) is 4.34. The molecular weight excluding hydrogens is 281 g/mol. The highest BCUT2D eigenvalue weighted by Crippen LogP contribution is 2.34. The largest absolute Gasteiger partial charge is 0.420 e. The van der Waals surface area contributed by atoms with E-state index in [2.05, 4.69) is 9.97 Å². The monoisotopic (exact) mass is 288 g/mol. The van der Waals surface area contributed by atoms with Crippen LogP contribution in [0.5, 0.6) is 0 Å². The molecule has 3 aromatic heterocycles. The van der Waals surface area contributed by atoms with Gasteiger partial charge in [-0.05, 0) is 18.2 Å². The van der Waals surface area contributed by atoms with E-state index >= 15 is 0 Å². The van der Waals surface area contributed by atoms with Crippen LogP contribution in [0.4, 0.5) is 13.2 Å². The number of rotatable bonds is 1. The van der Waals surface area contributed by atoms with Crippen LogP contribution in [-0.4, -0.2) is 14.4 Å². The van der Waals surface area contributed by atoms with Gasteiger partial charge in [-0.25, -0.2) is 9.97 Å². The lowest BCUT2D eigenvalue weighted by Gasteiger charge is -2.11. The quantitative estimate of drug-likeness (QED) is 0.690. The van der Waals surface area contributed by atoms with Gasteiger partial charge in [0, 0.05) is 35.9 Å². The lowest BCUT2D eigenvalue weighted by molar-refractivity contribution is -0.136. The molecule has 0 aliphatic rings. The molecule has 0 aromatic carbocycles. The zero-order valence-electron chi connectivity index (χ0n) is 10.5. The SMILES string of the molecule is N#Cc1ccc(-c2cc(C(F)(F)F)c3nccn3c2)cn1. The molecule has 0 radical (unpaired) electrons. The van der Waals surface area contributed by atoms with Gasteiger partial charge in [0.25, 0.3) is 0 Å². The van der Waals surface area contributed by atoms with E-state index in [0.717, 1.165) is 6.07 Å². The molecule has 0 aliphatic heterocycles. The van der Waals surface area contributed by atoms with Crippen molar-refractivity contribution in [2.75, 3.05) is 0 Å². The Hall–Kier alpha value is -2.88. The number of imidazole rings is 1. The lowest BCUT2D eigenvalue weighted by Crippen LogP contribution is -2.08. The first-order chi connectivity index (χ1) is 9.99. The van der Waals surface area contributed by atoms with Crippen LogP contribution < -0.4 is 0 Å². The van der Waals surface area contributed by atoms with Crippen molar-refractivity contribution in [3.63, 3.8) is 0 Å². The maximum Gasteiger partial charge on any atom is 0.420 e. The van der Waals surface area contributed by atoms with Crippen LogP contribution in [0.25, 0.3) is 16.8 Å². The van der Waals surface area contributed by atoms with Crippen molar-refractivity contribution in [2.24, 2.45) is 0 Å². The van der Waals surface area contributed by atoms with Gasteiger partial charge in [0.1, 0.15) is 17.4 Å². The van der Waals surface area contributed by atoms with E-state index in [1.54, 1.807) is 12.3 Å².